The Hall–Kier alpha value is -0.970. The third-order valence-electron chi connectivity index (χ3n) is 3.19. The summed E-state index contributed by atoms with van der Waals surface area (Å²) in [7, 11) is 0. The molecule has 0 saturated carbocycles. The quantitative estimate of drug-likeness (QED) is 0.876. The zero-order valence-electron chi connectivity index (χ0n) is 10.5. The molecule has 1 saturated heterocycles. The van der Waals surface area contributed by atoms with Gasteiger partial charge < -0.3 is 15.2 Å². The zero-order chi connectivity index (χ0) is 12.8. The highest BCUT2D eigenvalue weighted by Gasteiger charge is 2.17. The fourth-order valence-corrected chi connectivity index (χ4v) is 2.17. The Morgan fingerprint density at radius 3 is 3.00 bits per heavy atom. The van der Waals surface area contributed by atoms with Crippen molar-refractivity contribution < 1.29 is 13.9 Å². The van der Waals surface area contributed by atoms with E-state index >= 15 is 0 Å². The van der Waals surface area contributed by atoms with E-state index in [1.807, 2.05) is 6.07 Å². The Bertz CT molecular complexity index is 367. The summed E-state index contributed by atoms with van der Waals surface area (Å²) >= 11 is 0. The lowest BCUT2D eigenvalue weighted by Gasteiger charge is -2.25. The average Bonchev–Trinajstić information content (AvgIpc) is 2.41. The van der Waals surface area contributed by atoms with E-state index in [2.05, 4.69) is 0 Å². The third-order valence-corrected chi connectivity index (χ3v) is 3.19. The molecule has 3 nitrogen and oxygen atoms in total. The van der Waals surface area contributed by atoms with Crippen LogP contribution in [-0.4, -0.2) is 25.9 Å². The maximum atomic E-state index is 13.1. The molecule has 2 N–H and O–H groups in total. The van der Waals surface area contributed by atoms with Crippen molar-refractivity contribution in [3.8, 4) is 0 Å². The molecule has 0 radical (unpaired) electrons. The van der Waals surface area contributed by atoms with Gasteiger partial charge in [-0.3, -0.25) is 0 Å². The van der Waals surface area contributed by atoms with E-state index in [1.165, 1.54) is 18.6 Å². The molecule has 0 amide bonds. The van der Waals surface area contributed by atoms with E-state index in [0.29, 0.717) is 13.2 Å². The van der Waals surface area contributed by atoms with Gasteiger partial charge in [-0.15, -0.1) is 0 Å². The summed E-state index contributed by atoms with van der Waals surface area (Å²) in [6.45, 7) is 1.68. The van der Waals surface area contributed by atoms with E-state index < -0.39 is 0 Å². The van der Waals surface area contributed by atoms with Crippen LogP contribution in [0.2, 0.25) is 0 Å². The van der Waals surface area contributed by atoms with E-state index in [0.717, 1.165) is 25.0 Å². The molecule has 1 aliphatic rings. The number of nitrogens with two attached hydrogens (primary N) is 1. The van der Waals surface area contributed by atoms with Gasteiger partial charge in [-0.05, 0) is 37.0 Å². The SMILES string of the molecule is NCC(OCC1CCCCO1)c1cccc(F)c1. The molecule has 100 valence electrons. The highest BCUT2D eigenvalue weighted by molar-refractivity contribution is 5.19. The van der Waals surface area contributed by atoms with Crippen molar-refractivity contribution in [2.75, 3.05) is 19.8 Å². The predicted octanol–water partition coefficient (Wildman–Crippen LogP) is 2.41. The Balaban J connectivity index is 1.88. The fourth-order valence-electron chi connectivity index (χ4n) is 2.17. The first-order valence-electron chi connectivity index (χ1n) is 6.48. The van der Waals surface area contributed by atoms with Gasteiger partial charge in [0.05, 0.1) is 18.8 Å². The van der Waals surface area contributed by atoms with Crippen LogP contribution in [0.5, 0.6) is 0 Å². The summed E-state index contributed by atoms with van der Waals surface area (Å²) in [5.41, 5.74) is 6.47. The first kappa shape index (κ1) is 13.5. The Labute approximate surface area is 107 Å². The van der Waals surface area contributed by atoms with E-state index in [4.69, 9.17) is 15.2 Å². The van der Waals surface area contributed by atoms with Gasteiger partial charge in [0.2, 0.25) is 0 Å². The summed E-state index contributed by atoms with van der Waals surface area (Å²) in [6.07, 6.45) is 3.23. The molecule has 18 heavy (non-hydrogen) atoms. The molecular weight excluding hydrogens is 233 g/mol. The van der Waals surface area contributed by atoms with Crippen LogP contribution in [0.15, 0.2) is 24.3 Å². The highest BCUT2D eigenvalue weighted by atomic mass is 19.1. The van der Waals surface area contributed by atoms with Gasteiger partial charge in [-0.1, -0.05) is 12.1 Å². The zero-order valence-corrected chi connectivity index (χ0v) is 10.5. The van der Waals surface area contributed by atoms with E-state index in [-0.39, 0.29) is 18.0 Å². The fraction of sp³-hybridized carbons (Fsp3) is 0.571. The molecule has 0 aliphatic carbocycles. The van der Waals surface area contributed by atoms with Crippen LogP contribution in [0.1, 0.15) is 30.9 Å². The van der Waals surface area contributed by atoms with Crippen LogP contribution in [0.3, 0.4) is 0 Å². The van der Waals surface area contributed by atoms with Crippen LogP contribution < -0.4 is 5.73 Å². The summed E-state index contributed by atoms with van der Waals surface area (Å²) in [4.78, 5) is 0. The van der Waals surface area contributed by atoms with Gasteiger partial charge in [0.25, 0.3) is 0 Å². The Morgan fingerprint density at radius 2 is 2.33 bits per heavy atom. The summed E-state index contributed by atoms with van der Waals surface area (Å²) in [6, 6.07) is 6.40. The molecule has 1 fully saturated rings. The Morgan fingerprint density at radius 1 is 1.44 bits per heavy atom. The number of halogens is 1. The molecule has 1 aromatic rings. The van der Waals surface area contributed by atoms with Crippen LogP contribution in [-0.2, 0) is 9.47 Å². The lowest BCUT2D eigenvalue weighted by atomic mass is 10.1. The van der Waals surface area contributed by atoms with Gasteiger partial charge >= 0.3 is 0 Å². The standard InChI is InChI=1S/C14H20FNO2/c15-12-5-3-4-11(8-12)14(9-16)18-10-13-6-1-2-7-17-13/h3-5,8,13-14H,1-2,6-7,9-10,16H2. The van der Waals surface area contributed by atoms with Crippen molar-refractivity contribution in [2.24, 2.45) is 5.73 Å². The molecule has 0 bridgehead atoms. The van der Waals surface area contributed by atoms with Crippen LogP contribution in [0, 0.1) is 5.82 Å². The molecule has 1 heterocycles. The lowest BCUT2D eigenvalue weighted by molar-refractivity contribution is -0.0618. The highest BCUT2D eigenvalue weighted by Crippen LogP contribution is 2.20. The number of rotatable bonds is 5. The van der Waals surface area contributed by atoms with Crippen LogP contribution in [0.25, 0.3) is 0 Å². The maximum Gasteiger partial charge on any atom is 0.123 e. The minimum Gasteiger partial charge on any atom is -0.376 e. The monoisotopic (exact) mass is 253 g/mol. The van der Waals surface area contributed by atoms with Gasteiger partial charge in [-0.2, -0.15) is 0 Å². The van der Waals surface area contributed by atoms with E-state index in [9.17, 15) is 4.39 Å². The second-order valence-electron chi connectivity index (χ2n) is 4.60. The molecule has 2 unspecified atom stereocenters. The van der Waals surface area contributed by atoms with Gasteiger partial charge in [0.1, 0.15) is 5.82 Å². The molecule has 0 aromatic heterocycles. The van der Waals surface area contributed by atoms with Crippen LogP contribution in [0.4, 0.5) is 4.39 Å². The number of benzene rings is 1. The molecular formula is C14H20FNO2. The van der Waals surface area contributed by atoms with Crippen molar-refractivity contribution in [2.45, 2.75) is 31.5 Å². The van der Waals surface area contributed by atoms with Crippen molar-refractivity contribution >= 4 is 0 Å². The maximum absolute atomic E-state index is 13.1. The molecule has 2 rings (SSSR count). The van der Waals surface area contributed by atoms with Gasteiger partial charge in [0, 0.05) is 13.2 Å². The first-order chi connectivity index (χ1) is 8.79. The average molecular weight is 253 g/mol. The number of hydrogen-bond acceptors (Lipinski definition) is 3. The summed E-state index contributed by atoms with van der Waals surface area (Å²) < 4.78 is 24.5. The smallest absolute Gasteiger partial charge is 0.123 e. The van der Waals surface area contributed by atoms with Gasteiger partial charge in [-0.25, -0.2) is 4.39 Å². The first-order valence-corrected chi connectivity index (χ1v) is 6.48. The normalized spacial score (nSPS) is 21.8. The second-order valence-corrected chi connectivity index (χ2v) is 4.60. The minimum absolute atomic E-state index is 0.154. The molecule has 1 aliphatic heterocycles. The summed E-state index contributed by atoms with van der Waals surface area (Å²) in [5.74, 6) is -0.261. The molecule has 1 aromatic carbocycles. The van der Waals surface area contributed by atoms with E-state index in [1.54, 1.807) is 6.07 Å². The number of hydrogen-bond donors (Lipinski definition) is 1. The second kappa shape index (κ2) is 6.83. The predicted molar refractivity (Wildman–Crippen MR) is 67.7 cm³/mol. The van der Waals surface area contributed by atoms with Crippen molar-refractivity contribution in [3.05, 3.63) is 35.6 Å². The van der Waals surface area contributed by atoms with Crippen molar-refractivity contribution in [3.63, 3.8) is 0 Å². The molecule has 0 spiro atoms. The number of ether oxygens (including phenoxy) is 2. The largest absolute Gasteiger partial charge is 0.376 e. The van der Waals surface area contributed by atoms with Crippen molar-refractivity contribution in [1.29, 1.82) is 0 Å². The van der Waals surface area contributed by atoms with Crippen LogP contribution >= 0.6 is 0 Å². The lowest BCUT2D eigenvalue weighted by Crippen LogP contribution is -2.27. The Kier molecular flexibility index (Phi) is 5.11. The minimum atomic E-state index is -0.261. The third kappa shape index (κ3) is 3.77. The van der Waals surface area contributed by atoms with Crippen molar-refractivity contribution in [1.82, 2.24) is 0 Å². The molecule has 2 atom stereocenters. The topological polar surface area (TPSA) is 44.5 Å². The molecule has 4 heteroatoms. The summed E-state index contributed by atoms with van der Waals surface area (Å²) in [5, 5.41) is 0. The van der Waals surface area contributed by atoms with Gasteiger partial charge in [0.15, 0.2) is 0 Å².